The van der Waals surface area contributed by atoms with Crippen LogP contribution in [0.4, 0.5) is 8.78 Å². The summed E-state index contributed by atoms with van der Waals surface area (Å²) in [4.78, 5) is 21.6. The Hall–Kier alpha value is -2.91. The molecule has 0 bridgehead atoms. The highest BCUT2D eigenvalue weighted by Gasteiger charge is 2.37. The number of nitrogens with zero attached hydrogens (tertiary/aromatic N) is 4. The third-order valence-corrected chi connectivity index (χ3v) is 7.16. The summed E-state index contributed by atoms with van der Waals surface area (Å²) in [6.07, 6.45) is 5.24. The Kier molecular flexibility index (Phi) is 6.55. The molecule has 186 valence electrons. The number of pyridine rings is 1. The molecule has 2 N–H and O–H groups in total. The standard InChI is InChI=1S/C26H32F2N6O/c1-17(2)34-8-5-21(6-9-34)30-25(35)24-22-12-19(3-4-23(22)31-32-24)20-11-18(13-29-14-20)15-33-10-7-26(27,28)16-33/h3-4,11-14,17,21H,5-10,15-16H2,1-2H3,(H,30,35)(H,31,32). The number of rotatable bonds is 6. The largest absolute Gasteiger partial charge is 0.348 e. The number of H-pyrrole nitrogens is 1. The van der Waals surface area contributed by atoms with Crippen molar-refractivity contribution in [1.82, 2.24) is 30.3 Å². The maximum absolute atomic E-state index is 13.6. The molecule has 2 aliphatic heterocycles. The summed E-state index contributed by atoms with van der Waals surface area (Å²) in [7, 11) is 0. The maximum atomic E-state index is 13.6. The first-order valence-electron chi connectivity index (χ1n) is 12.3. The van der Waals surface area contributed by atoms with E-state index in [0.29, 0.717) is 24.8 Å². The molecule has 0 saturated carbocycles. The van der Waals surface area contributed by atoms with Gasteiger partial charge in [-0.15, -0.1) is 0 Å². The molecule has 0 aliphatic carbocycles. The lowest BCUT2D eigenvalue weighted by Gasteiger charge is -2.34. The van der Waals surface area contributed by atoms with Crippen molar-refractivity contribution >= 4 is 16.8 Å². The molecule has 0 radical (unpaired) electrons. The monoisotopic (exact) mass is 482 g/mol. The molecule has 1 aromatic carbocycles. The van der Waals surface area contributed by atoms with Gasteiger partial charge in [-0.3, -0.25) is 19.8 Å². The number of carbonyl (C=O) groups excluding carboxylic acids is 1. The average molecular weight is 483 g/mol. The van der Waals surface area contributed by atoms with Crippen molar-refractivity contribution < 1.29 is 13.6 Å². The van der Waals surface area contributed by atoms with Crippen molar-refractivity contribution in [3.63, 3.8) is 0 Å². The zero-order chi connectivity index (χ0) is 24.6. The summed E-state index contributed by atoms with van der Waals surface area (Å²) in [6.45, 7) is 6.96. The number of fused-ring (bicyclic) bond motifs is 1. The highest BCUT2D eigenvalue weighted by Crippen LogP contribution is 2.29. The van der Waals surface area contributed by atoms with Gasteiger partial charge in [0.15, 0.2) is 5.69 Å². The third kappa shape index (κ3) is 5.36. The summed E-state index contributed by atoms with van der Waals surface area (Å²) in [6, 6.07) is 8.45. The highest BCUT2D eigenvalue weighted by atomic mass is 19.3. The fourth-order valence-electron chi connectivity index (χ4n) is 5.11. The molecule has 9 heteroatoms. The Morgan fingerprint density at radius 2 is 1.97 bits per heavy atom. The minimum absolute atomic E-state index is 0.0983. The third-order valence-electron chi connectivity index (χ3n) is 7.16. The molecule has 0 atom stereocenters. The van der Waals surface area contributed by atoms with Crippen molar-refractivity contribution in [2.75, 3.05) is 26.2 Å². The van der Waals surface area contributed by atoms with Crippen molar-refractivity contribution in [3.8, 4) is 11.1 Å². The van der Waals surface area contributed by atoms with Crippen LogP contribution in [0.2, 0.25) is 0 Å². The van der Waals surface area contributed by atoms with Gasteiger partial charge in [-0.05, 0) is 56.0 Å². The predicted octanol–water partition coefficient (Wildman–Crippen LogP) is 4.07. The lowest BCUT2D eigenvalue weighted by Crippen LogP contribution is -2.46. The van der Waals surface area contributed by atoms with Gasteiger partial charge < -0.3 is 10.2 Å². The number of halogens is 2. The molecule has 35 heavy (non-hydrogen) atoms. The highest BCUT2D eigenvalue weighted by molar-refractivity contribution is 6.05. The van der Waals surface area contributed by atoms with Crippen LogP contribution in [0.25, 0.3) is 22.0 Å². The van der Waals surface area contributed by atoms with E-state index in [0.717, 1.165) is 53.5 Å². The second kappa shape index (κ2) is 9.62. The van der Waals surface area contributed by atoms with Crippen molar-refractivity contribution in [2.24, 2.45) is 0 Å². The number of likely N-dealkylation sites (tertiary alicyclic amines) is 2. The maximum Gasteiger partial charge on any atom is 0.272 e. The van der Waals surface area contributed by atoms with E-state index >= 15 is 0 Å². The Balaban J connectivity index is 1.31. The minimum atomic E-state index is -2.61. The van der Waals surface area contributed by atoms with Gasteiger partial charge in [-0.2, -0.15) is 5.10 Å². The van der Waals surface area contributed by atoms with Crippen molar-refractivity contribution in [3.05, 3.63) is 47.9 Å². The molecule has 7 nitrogen and oxygen atoms in total. The smallest absolute Gasteiger partial charge is 0.272 e. The molecular weight excluding hydrogens is 450 g/mol. The fourth-order valence-corrected chi connectivity index (χ4v) is 5.11. The van der Waals surface area contributed by atoms with E-state index in [1.807, 2.05) is 24.3 Å². The second-order valence-corrected chi connectivity index (χ2v) is 10.1. The number of nitrogens with one attached hydrogen (secondary N) is 2. The first kappa shape index (κ1) is 23.8. The Labute approximate surface area is 203 Å². The quantitative estimate of drug-likeness (QED) is 0.554. The van der Waals surface area contributed by atoms with Crippen LogP contribution in [0, 0.1) is 0 Å². The van der Waals surface area contributed by atoms with E-state index in [9.17, 15) is 13.6 Å². The topological polar surface area (TPSA) is 77.1 Å². The van der Waals surface area contributed by atoms with Gasteiger partial charge >= 0.3 is 0 Å². The molecule has 1 amide bonds. The average Bonchev–Trinajstić information content (AvgIpc) is 3.41. The number of alkyl halides is 2. The summed E-state index contributed by atoms with van der Waals surface area (Å²) < 4.78 is 27.1. The number of hydrogen-bond acceptors (Lipinski definition) is 5. The molecular formula is C26H32F2N6O. The van der Waals surface area contributed by atoms with E-state index in [1.165, 1.54) is 0 Å². The number of hydrogen-bond donors (Lipinski definition) is 2. The van der Waals surface area contributed by atoms with Gasteiger partial charge in [-0.1, -0.05) is 6.07 Å². The predicted molar refractivity (Wildman–Crippen MR) is 131 cm³/mol. The number of aromatic nitrogens is 3. The van der Waals surface area contributed by atoms with Crippen LogP contribution in [-0.4, -0.2) is 75.1 Å². The fraction of sp³-hybridized carbons (Fsp3) is 0.500. The summed E-state index contributed by atoms with van der Waals surface area (Å²) in [5, 5.41) is 11.2. The van der Waals surface area contributed by atoms with Gasteiger partial charge in [-0.25, -0.2) is 8.78 Å². The van der Waals surface area contributed by atoms with E-state index in [1.54, 1.807) is 17.3 Å². The molecule has 0 unspecified atom stereocenters. The van der Waals surface area contributed by atoms with Crippen LogP contribution >= 0.6 is 0 Å². The zero-order valence-electron chi connectivity index (χ0n) is 20.2. The molecule has 3 aromatic rings. The van der Waals surface area contributed by atoms with Gasteiger partial charge in [0.1, 0.15) is 0 Å². The first-order chi connectivity index (χ1) is 16.8. The second-order valence-electron chi connectivity index (χ2n) is 10.1. The number of benzene rings is 1. The molecule has 2 fully saturated rings. The van der Waals surface area contributed by atoms with E-state index in [2.05, 4.69) is 39.2 Å². The summed E-state index contributed by atoms with van der Waals surface area (Å²) in [5.74, 6) is -2.78. The Bertz CT molecular complexity index is 1200. The Morgan fingerprint density at radius 1 is 1.17 bits per heavy atom. The van der Waals surface area contributed by atoms with Gasteiger partial charge in [0, 0.05) is 68.0 Å². The van der Waals surface area contributed by atoms with Gasteiger partial charge in [0.2, 0.25) is 0 Å². The normalized spacial score (nSPS) is 19.6. The lowest BCUT2D eigenvalue weighted by atomic mass is 10.0. The molecule has 5 rings (SSSR count). The van der Waals surface area contributed by atoms with Crippen LogP contribution in [-0.2, 0) is 6.54 Å². The first-order valence-corrected chi connectivity index (χ1v) is 12.3. The number of piperidine rings is 1. The van der Waals surface area contributed by atoms with Crippen LogP contribution in [0.3, 0.4) is 0 Å². The van der Waals surface area contributed by atoms with E-state index in [4.69, 9.17) is 0 Å². The van der Waals surface area contributed by atoms with Gasteiger partial charge in [0.25, 0.3) is 11.8 Å². The van der Waals surface area contributed by atoms with Crippen LogP contribution in [0.1, 0.15) is 49.2 Å². The number of amides is 1. The Morgan fingerprint density at radius 3 is 2.69 bits per heavy atom. The number of aromatic amines is 1. The molecule has 2 aromatic heterocycles. The van der Waals surface area contributed by atoms with Crippen molar-refractivity contribution in [2.45, 2.75) is 57.7 Å². The van der Waals surface area contributed by atoms with Crippen LogP contribution in [0.15, 0.2) is 36.7 Å². The van der Waals surface area contributed by atoms with E-state index in [-0.39, 0.29) is 24.9 Å². The summed E-state index contributed by atoms with van der Waals surface area (Å²) in [5.41, 5.74) is 3.84. The SMILES string of the molecule is CC(C)N1CCC(NC(=O)c2n[nH]c3ccc(-c4cncc(CN5CCC(F)(F)C5)c4)cc23)CC1. The van der Waals surface area contributed by atoms with Crippen molar-refractivity contribution in [1.29, 1.82) is 0 Å². The van der Waals surface area contributed by atoms with Crippen LogP contribution in [0.5, 0.6) is 0 Å². The van der Waals surface area contributed by atoms with E-state index < -0.39 is 5.92 Å². The lowest BCUT2D eigenvalue weighted by molar-refractivity contribution is 0.0115. The molecule has 2 saturated heterocycles. The van der Waals surface area contributed by atoms with Gasteiger partial charge in [0.05, 0.1) is 12.1 Å². The molecule has 2 aliphatic rings. The number of carbonyl (C=O) groups is 1. The molecule has 4 heterocycles. The summed E-state index contributed by atoms with van der Waals surface area (Å²) >= 11 is 0. The zero-order valence-corrected chi connectivity index (χ0v) is 20.2. The molecule has 0 spiro atoms. The minimum Gasteiger partial charge on any atom is -0.348 e. The van der Waals surface area contributed by atoms with Crippen LogP contribution < -0.4 is 5.32 Å².